The van der Waals surface area contributed by atoms with Crippen LogP contribution >= 0.6 is 0 Å². The number of urea groups is 1. The molecule has 2 aliphatic rings. The lowest BCUT2D eigenvalue weighted by molar-refractivity contribution is -0.145. The summed E-state index contributed by atoms with van der Waals surface area (Å²) in [6, 6.07) is -0.0744. The molecule has 7 nitrogen and oxygen atoms in total. The van der Waals surface area contributed by atoms with E-state index in [1.54, 1.807) is 4.90 Å². The van der Waals surface area contributed by atoms with Gasteiger partial charge in [-0.1, -0.05) is 0 Å². The van der Waals surface area contributed by atoms with Crippen LogP contribution in [0, 0.1) is 0 Å². The van der Waals surface area contributed by atoms with Crippen molar-refractivity contribution in [1.82, 2.24) is 10.2 Å². The van der Waals surface area contributed by atoms with Gasteiger partial charge in [0.1, 0.15) is 6.61 Å². The molecular formula is C13H22N2O5. The number of hydrogen-bond donors (Lipinski definition) is 2. The number of piperidine rings is 1. The molecule has 2 rings (SSSR count). The first-order valence-electron chi connectivity index (χ1n) is 6.97. The third-order valence-electron chi connectivity index (χ3n) is 3.80. The molecule has 0 spiro atoms. The molecule has 0 bridgehead atoms. The zero-order valence-corrected chi connectivity index (χ0v) is 11.8. The van der Waals surface area contributed by atoms with Gasteiger partial charge in [0.05, 0.1) is 18.2 Å². The van der Waals surface area contributed by atoms with Crippen LogP contribution in [0.5, 0.6) is 0 Å². The molecule has 0 aromatic carbocycles. The summed E-state index contributed by atoms with van der Waals surface area (Å²) in [6.07, 6.45) is 2.11. The van der Waals surface area contributed by atoms with E-state index in [-0.39, 0.29) is 24.3 Å². The van der Waals surface area contributed by atoms with E-state index in [9.17, 15) is 9.59 Å². The molecule has 2 aliphatic heterocycles. The highest BCUT2D eigenvalue weighted by atomic mass is 16.5. The Kier molecular flexibility index (Phi) is 4.82. The predicted octanol–water partition coefficient (Wildman–Crippen LogP) is 0.441. The van der Waals surface area contributed by atoms with Crippen LogP contribution in [-0.4, -0.2) is 66.6 Å². The van der Waals surface area contributed by atoms with Crippen molar-refractivity contribution in [3.63, 3.8) is 0 Å². The normalized spacial score (nSPS) is 27.6. The maximum absolute atomic E-state index is 12.2. The third kappa shape index (κ3) is 4.08. The number of carboxylic acids is 1. The molecule has 2 amide bonds. The second kappa shape index (κ2) is 6.41. The Morgan fingerprint density at radius 2 is 2.15 bits per heavy atom. The lowest BCUT2D eigenvalue weighted by atomic mass is 10.0. The summed E-state index contributed by atoms with van der Waals surface area (Å²) in [7, 11) is 0. The Morgan fingerprint density at radius 1 is 1.45 bits per heavy atom. The Morgan fingerprint density at radius 3 is 2.70 bits per heavy atom. The highest BCUT2D eigenvalue weighted by molar-refractivity contribution is 5.75. The van der Waals surface area contributed by atoms with Gasteiger partial charge in [-0.3, -0.25) is 0 Å². The molecule has 114 valence electrons. The van der Waals surface area contributed by atoms with Crippen LogP contribution in [0.1, 0.15) is 26.2 Å². The Balaban J connectivity index is 1.73. The highest BCUT2D eigenvalue weighted by Crippen LogP contribution is 2.19. The van der Waals surface area contributed by atoms with Gasteiger partial charge in [-0.25, -0.2) is 9.59 Å². The van der Waals surface area contributed by atoms with Crippen molar-refractivity contribution in [3.8, 4) is 0 Å². The van der Waals surface area contributed by atoms with E-state index in [0.29, 0.717) is 39.1 Å². The highest BCUT2D eigenvalue weighted by Gasteiger charge is 2.33. The quantitative estimate of drug-likeness (QED) is 0.783. The number of nitrogens with zero attached hydrogens (tertiary/aromatic N) is 1. The molecule has 2 fully saturated rings. The van der Waals surface area contributed by atoms with Gasteiger partial charge in [0.2, 0.25) is 0 Å². The van der Waals surface area contributed by atoms with Gasteiger partial charge >= 0.3 is 12.0 Å². The summed E-state index contributed by atoms with van der Waals surface area (Å²) in [5.41, 5.74) is -0.270. The van der Waals surface area contributed by atoms with Crippen LogP contribution in [-0.2, 0) is 14.3 Å². The summed E-state index contributed by atoms with van der Waals surface area (Å²) in [5, 5.41) is 11.6. The van der Waals surface area contributed by atoms with Gasteiger partial charge in [-0.2, -0.15) is 0 Å². The number of carbonyl (C=O) groups is 2. The number of rotatable bonds is 4. The first kappa shape index (κ1) is 15.1. The van der Waals surface area contributed by atoms with Crippen molar-refractivity contribution in [2.24, 2.45) is 0 Å². The molecule has 0 aliphatic carbocycles. The number of carboxylic acid groups (broad SMARTS) is 1. The van der Waals surface area contributed by atoms with Crippen LogP contribution < -0.4 is 5.32 Å². The number of aliphatic carboxylic acids is 1. The zero-order valence-electron chi connectivity index (χ0n) is 11.8. The maximum atomic E-state index is 12.2. The fraction of sp³-hybridized carbons (Fsp3) is 0.846. The summed E-state index contributed by atoms with van der Waals surface area (Å²) >= 11 is 0. The lowest BCUT2D eigenvalue weighted by Crippen LogP contribution is -2.54. The van der Waals surface area contributed by atoms with Crippen molar-refractivity contribution in [2.45, 2.75) is 37.8 Å². The largest absolute Gasteiger partial charge is 0.480 e. The molecular weight excluding hydrogens is 264 g/mol. The van der Waals surface area contributed by atoms with Gasteiger partial charge in [0.25, 0.3) is 0 Å². The van der Waals surface area contributed by atoms with Crippen LogP contribution in [0.15, 0.2) is 0 Å². The second-order valence-electron chi connectivity index (χ2n) is 5.68. The van der Waals surface area contributed by atoms with Crippen molar-refractivity contribution >= 4 is 12.0 Å². The van der Waals surface area contributed by atoms with E-state index in [2.05, 4.69) is 5.32 Å². The van der Waals surface area contributed by atoms with Gasteiger partial charge < -0.3 is 24.8 Å². The molecule has 2 heterocycles. The molecule has 1 atom stereocenters. The average Bonchev–Trinajstić information content (AvgIpc) is 2.83. The molecule has 0 saturated carbocycles. The molecule has 0 radical (unpaired) electrons. The smallest absolute Gasteiger partial charge is 0.329 e. The van der Waals surface area contributed by atoms with Crippen molar-refractivity contribution in [2.75, 3.05) is 32.9 Å². The Labute approximate surface area is 118 Å². The first-order valence-corrected chi connectivity index (χ1v) is 6.97. The van der Waals surface area contributed by atoms with E-state index < -0.39 is 5.97 Å². The van der Waals surface area contributed by atoms with Gasteiger partial charge in [-0.15, -0.1) is 0 Å². The lowest BCUT2D eigenvalue weighted by Gasteiger charge is -2.34. The Hall–Kier alpha value is -1.34. The molecule has 1 unspecified atom stereocenters. The van der Waals surface area contributed by atoms with Crippen LogP contribution in [0.3, 0.4) is 0 Å². The summed E-state index contributed by atoms with van der Waals surface area (Å²) < 4.78 is 10.6. The minimum absolute atomic E-state index is 0.0689. The van der Waals surface area contributed by atoms with Crippen LogP contribution in [0.25, 0.3) is 0 Å². The number of amides is 2. The summed E-state index contributed by atoms with van der Waals surface area (Å²) in [6.45, 7) is 4.13. The fourth-order valence-electron chi connectivity index (χ4n) is 2.52. The Bertz CT molecular complexity index is 360. The molecule has 20 heavy (non-hydrogen) atoms. The van der Waals surface area contributed by atoms with E-state index in [4.69, 9.17) is 14.6 Å². The third-order valence-corrected chi connectivity index (χ3v) is 3.80. The minimum Gasteiger partial charge on any atom is -0.480 e. The standard InChI is InChI=1S/C13H22N2O5/c1-13(4-7-19-9-13)14-12(18)15-5-2-10(3-6-15)20-8-11(16)17/h10H,2-9H2,1H3,(H,14,18)(H,16,17). The maximum Gasteiger partial charge on any atom is 0.329 e. The SMILES string of the molecule is CC1(NC(=O)N2CCC(OCC(=O)O)CC2)CCOC1. The van der Waals surface area contributed by atoms with E-state index >= 15 is 0 Å². The first-order chi connectivity index (χ1) is 9.48. The summed E-state index contributed by atoms with van der Waals surface area (Å²) in [5.74, 6) is -0.959. The number of nitrogens with one attached hydrogen (secondary N) is 1. The predicted molar refractivity (Wildman–Crippen MR) is 70.6 cm³/mol. The average molecular weight is 286 g/mol. The van der Waals surface area contributed by atoms with E-state index in [1.807, 2.05) is 6.92 Å². The van der Waals surface area contributed by atoms with E-state index in [0.717, 1.165) is 6.42 Å². The molecule has 0 aromatic heterocycles. The van der Waals surface area contributed by atoms with Crippen LogP contribution in [0.2, 0.25) is 0 Å². The molecule has 7 heteroatoms. The number of hydrogen-bond acceptors (Lipinski definition) is 4. The molecule has 2 N–H and O–H groups in total. The monoisotopic (exact) mass is 286 g/mol. The van der Waals surface area contributed by atoms with Crippen LogP contribution in [0.4, 0.5) is 4.79 Å². The number of carbonyl (C=O) groups excluding carboxylic acids is 1. The zero-order chi connectivity index (χ0) is 14.6. The topological polar surface area (TPSA) is 88.1 Å². The van der Waals surface area contributed by atoms with Gasteiger partial charge in [-0.05, 0) is 26.2 Å². The van der Waals surface area contributed by atoms with Crippen molar-refractivity contribution < 1.29 is 24.2 Å². The molecule has 2 saturated heterocycles. The fourth-order valence-corrected chi connectivity index (χ4v) is 2.52. The van der Waals surface area contributed by atoms with Crippen molar-refractivity contribution in [3.05, 3.63) is 0 Å². The van der Waals surface area contributed by atoms with E-state index in [1.165, 1.54) is 0 Å². The van der Waals surface area contributed by atoms with Gasteiger partial charge in [0, 0.05) is 19.7 Å². The van der Waals surface area contributed by atoms with Crippen molar-refractivity contribution in [1.29, 1.82) is 0 Å². The summed E-state index contributed by atoms with van der Waals surface area (Å²) in [4.78, 5) is 24.3. The minimum atomic E-state index is -0.959. The number of ether oxygens (including phenoxy) is 2. The second-order valence-corrected chi connectivity index (χ2v) is 5.68. The van der Waals surface area contributed by atoms with Gasteiger partial charge in [0.15, 0.2) is 0 Å². The molecule has 0 aromatic rings. The number of likely N-dealkylation sites (tertiary alicyclic amines) is 1.